The Bertz CT molecular complexity index is 493. The van der Waals surface area contributed by atoms with E-state index in [4.69, 9.17) is 15.6 Å². The molecule has 2 rings (SSSR count). The minimum absolute atomic E-state index is 0.0209. The molecule has 7 heteroatoms. The van der Waals surface area contributed by atoms with Crippen molar-refractivity contribution >= 4 is 10.0 Å². The maximum Gasteiger partial charge on any atom is 0.237 e. The fourth-order valence-electron chi connectivity index (χ4n) is 2.90. The van der Waals surface area contributed by atoms with Crippen LogP contribution in [0.25, 0.3) is 0 Å². The van der Waals surface area contributed by atoms with Crippen molar-refractivity contribution in [3.8, 4) is 0 Å². The van der Waals surface area contributed by atoms with Gasteiger partial charge in [-0.15, -0.1) is 0 Å². The van der Waals surface area contributed by atoms with Crippen molar-refractivity contribution in [3.05, 3.63) is 23.1 Å². The maximum atomic E-state index is 11.4. The lowest BCUT2D eigenvalue weighted by Gasteiger charge is -2.39. The van der Waals surface area contributed by atoms with Crippen molar-refractivity contribution in [2.75, 3.05) is 26.7 Å². The van der Waals surface area contributed by atoms with Crippen LogP contribution in [0.3, 0.4) is 0 Å². The van der Waals surface area contributed by atoms with Gasteiger partial charge in [0.15, 0.2) is 0 Å². The summed E-state index contributed by atoms with van der Waals surface area (Å²) in [6.45, 7) is 2.27. The number of rotatable bonds is 4. The summed E-state index contributed by atoms with van der Waals surface area (Å²) in [5.41, 5.74) is 5.79. The Morgan fingerprint density at radius 3 is 2.55 bits per heavy atom. The molecule has 4 N–H and O–H groups in total. The highest BCUT2D eigenvalue weighted by molar-refractivity contribution is 7.93. The Labute approximate surface area is 120 Å². The second-order valence-electron chi connectivity index (χ2n) is 5.33. The van der Waals surface area contributed by atoms with E-state index in [1.807, 2.05) is 6.08 Å². The summed E-state index contributed by atoms with van der Waals surface area (Å²) in [4.78, 5) is 2.50. The van der Waals surface area contributed by atoms with Crippen LogP contribution < -0.4 is 10.9 Å². The zero-order valence-electron chi connectivity index (χ0n) is 11.7. The predicted octanol–water partition coefficient (Wildman–Crippen LogP) is -0.217. The summed E-state index contributed by atoms with van der Waals surface area (Å²) in [5.74, 6) is -0.0209. The lowest BCUT2D eigenvalue weighted by atomic mass is 9.92. The van der Waals surface area contributed by atoms with Gasteiger partial charge < -0.3 is 10.5 Å². The van der Waals surface area contributed by atoms with Crippen LogP contribution in [0, 0.1) is 5.92 Å². The lowest BCUT2D eigenvalue weighted by Crippen LogP contribution is -2.47. The highest BCUT2D eigenvalue weighted by Crippen LogP contribution is 2.26. The number of sulfonamides is 1. The molecule has 1 heterocycles. The van der Waals surface area contributed by atoms with Crippen molar-refractivity contribution in [3.63, 3.8) is 0 Å². The van der Waals surface area contributed by atoms with Crippen molar-refractivity contribution in [2.45, 2.75) is 25.0 Å². The standard InChI is InChI=1S/C13H23N3O3S/c1-19-11-4-6-16(7-5-11)13-3-2-12(20(15,17)18)8-10(13)9-14/h2-3,8,10-11,13H,4-7,9,14H2,1H3,(H2,15,17,18). The molecular weight excluding hydrogens is 278 g/mol. The van der Waals surface area contributed by atoms with Gasteiger partial charge in [0.1, 0.15) is 0 Å². The normalized spacial score (nSPS) is 29.4. The third-order valence-corrected chi connectivity index (χ3v) is 5.04. The van der Waals surface area contributed by atoms with E-state index in [0.717, 1.165) is 25.9 Å². The van der Waals surface area contributed by atoms with Crippen LogP contribution in [0.2, 0.25) is 0 Å². The summed E-state index contributed by atoms with van der Waals surface area (Å²) in [6, 6.07) is 0.142. The first-order valence-electron chi connectivity index (χ1n) is 6.85. The third-order valence-electron chi connectivity index (χ3n) is 4.11. The van der Waals surface area contributed by atoms with Gasteiger partial charge in [0.05, 0.1) is 11.0 Å². The van der Waals surface area contributed by atoms with Crippen LogP contribution in [-0.2, 0) is 14.8 Å². The zero-order valence-corrected chi connectivity index (χ0v) is 12.6. The average Bonchev–Trinajstić information content (AvgIpc) is 2.45. The van der Waals surface area contributed by atoms with Gasteiger partial charge in [-0.2, -0.15) is 0 Å². The minimum Gasteiger partial charge on any atom is -0.381 e. The zero-order chi connectivity index (χ0) is 14.8. The third kappa shape index (κ3) is 3.48. The largest absolute Gasteiger partial charge is 0.381 e. The fourth-order valence-corrected chi connectivity index (χ4v) is 3.53. The van der Waals surface area contributed by atoms with Gasteiger partial charge >= 0.3 is 0 Å². The van der Waals surface area contributed by atoms with Crippen LogP contribution in [-0.4, -0.2) is 52.2 Å². The van der Waals surface area contributed by atoms with E-state index in [1.165, 1.54) is 0 Å². The summed E-state index contributed by atoms with van der Waals surface area (Å²) < 4.78 is 28.2. The number of allylic oxidation sites excluding steroid dienone is 1. The van der Waals surface area contributed by atoms with Crippen molar-refractivity contribution < 1.29 is 13.2 Å². The molecule has 1 fully saturated rings. The van der Waals surface area contributed by atoms with Gasteiger partial charge in [-0.25, -0.2) is 13.6 Å². The molecule has 0 spiro atoms. The molecule has 0 saturated carbocycles. The Morgan fingerprint density at radius 1 is 1.40 bits per heavy atom. The molecule has 0 aromatic carbocycles. The number of likely N-dealkylation sites (tertiary alicyclic amines) is 1. The second kappa shape index (κ2) is 6.36. The van der Waals surface area contributed by atoms with E-state index in [1.54, 1.807) is 19.3 Å². The molecule has 114 valence electrons. The number of hydrogen-bond donors (Lipinski definition) is 2. The molecule has 1 saturated heterocycles. The van der Waals surface area contributed by atoms with Crippen molar-refractivity contribution in [1.29, 1.82) is 0 Å². The van der Waals surface area contributed by atoms with Gasteiger partial charge in [-0.05, 0) is 18.9 Å². The Morgan fingerprint density at radius 2 is 2.05 bits per heavy atom. The molecule has 1 aliphatic carbocycles. The topological polar surface area (TPSA) is 98.6 Å². The van der Waals surface area contributed by atoms with Gasteiger partial charge in [-0.1, -0.05) is 12.2 Å². The first-order chi connectivity index (χ1) is 9.45. The van der Waals surface area contributed by atoms with Crippen molar-refractivity contribution in [1.82, 2.24) is 4.90 Å². The van der Waals surface area contributed by atoms with Crippen LogP contribution in [0.1, 0.15) is 12.8 Å². The predicted molar refractivity (Wildman–Crippen MR) is 78.3 cm³/mol. The molecule has 1 aliphatic heterocycles. The molecule has 0 amide bonds. The molecule has 20 heavy (non-hydrogen) atoms. The molecule has 2 aliphatic rings. The number of ether oxygens (including phenoxy) is 1. The van der Waals surface area contributed by atoms with E-state index in [0.29, 0.717) is 12.6 Å². The molecule has 0 radical (unpaired) electrons. The number of nitrogens with zero attached hydrogens (tertiary/aromatic N) is 1. The van der Waals surface area contributed by atoms with Gasteiger partial charge in [0.2, 0.25) is 10.0 Å². The van der Waals surface area contributed by atoms with E-state index >= 15 is 0 Å². The summed E-state index contributed by atoms with van der Waals surface area (Å²) in [5, 5.41) is 5.17. The smallest absolute Gasteiger partial charge is 0.237 e. The number of hydrogen-bond acceptors (Lipinski definition) is 5. The Balaban J connectivity index is 2.08. The second-order valence-corrected chi connectivity index (χ2v) is 6.90. The number of piperidine rings is 1. The summed E-state index contributed by atoms with van der Waals surface area (Å²) in [6.07, 6.45) is 7.49. The molecular formula is C13H23N3O3S. The van der Waals surface area contributed by atoms with Crippen LogP contribution in [0.4, 0.5) is 0 Å². The van der Waals surface area contributed by atoms with Gasteiger partial charge in [-0.3, -0.25) is 4.90 Å². The molecule has 2 unspecified atom stereocenters. The Hall–Kier alpha value is -0.730. The van der Waals surface area contributed by atoms with E-state index in [2.05, 4.69) is 4.90 Å². The van der Waals surface area contributed by atoms with Gasteiger partial charge in [0.25, 0.3) is 0 Å². The number of methoxy groups -OCH3 is 1. The van der Waals surface area contributed by atoms with Crippen LogP contribution in [0.15, 0.2) is 23.1 Å². The minimum atomic E-state index is -3.66. The first kappa shape index (κ1) is 15.7. The highest BCUT2D eigenvalue weighted by Gasteiger charge is 2.30. The SMILES string of the molecule is COC1CCN(C2C=CC(S(N)(=O)=O)=CC2CN)CC1. The number of nitrogens with two attached hydrogens (primary N) is 2. The van der Waals surface area contributed by atoms with Crippen LogP contribution >= 0.6 is 0 Å². The maximum absolute atomic E-state index is 11.4. The van der Waals surface area contributed by atoms with Crippen molar-refractivity contribution in [2.24, 2.45) is 16.8 Å². The molecule has 2 atom stereocenters. The molecule has 0 aromatic rings. The summed E-state index contributed by atoms with van der Waals surface area (Å²) in [7, 11) is -1.91. The van der Waals surface area contributed by atoms with Gasteiger partial charge in [0, 0.05) is 38.7 Å². The Kier molecular flexibility index (Phi) is 4.98. The lowest BCUT2D eigenvalue weighted by molar-refractivity contribution is 0.0285. The quantitative estimate of drug-likeness (QED) is 0.748. The molecule has 0 aromatic heterocycles. The monoisotopic (exact) mass is 301 g/mol. The van der Waals surface area contributed by atoms with E-state index in [9.17, 15) is 8.42 Å². The van der Waals surface area contributed by atoms with E-state index < -0.39 is 10.0 Å². The molecule has 6 nitrogen and oxygen atoms in total. The van der Waals surface area contributed by atoms with Crippen LogP contribution in [0.5, 0.6) is 0 Å². The molecule has 0 bridgehead atoms. The number of primary sulfonamides is 1. The summed E-state index contributed by atoms with van der Waals surface area (Å²) >= 11 is 0. The first-order valence-corrected chi connectivity index (χ1v) is 8.40. The average molecular weight is 301 g/mol. The highest BCUT2D eigenvalue weighted by atomic mass is 32.2. The fraction of sp³-hybridized carbons (Fsp3) is 0.692. The van der Waals surface area contributed by atoms with E-state index in [-0.39, 0.29) is 16.9 Å².